The van der Waals surface area contributed by atoms with Crippen LogP contribution in [0.4, 0.5) is 0 Å². The molecule has 2 N–H and O–H groups in total. The summed E-state index contributed by atoms with van der Waals surface area (Å²) in [7, 11) is 1.58. The molecule has 0 spiro atoms. The lowest BCUT2D eigenvalue weighted by molar-refractivity contribution is 0.00866. The normalized spacial score (nSPS) is 14.3. The van der Waals surface area contributed by atoms with Gasteiger partial charge in [0.25, 0.3) is 0 Å². The highest BCUT2D eigenvalue weighted by atomic mass is 32.1. The quantitative estimate of drug-likeness (QED) is 0.466. The fourth-order valence-corrected chi connectivity index (χ4v) is 1.67. The van der Waals surface area contributed by atoms with Gasteiger partial charge in [-0.1, -0.05) is 12.2 Å². The average Bonchev–Trinajstić information content (AvgIpc) is 3.18. The molecule has 18 heavy (non-hydrogen) atoms. The minimum Gasteiger partial charge on any atom is -0.493 e. The van der Waals surface area contributed by atoms with Gasteiger partial charge in [-0.15, -0.1) is 0 Å². The first-order chi connectivity index (χ1) is 8.70. The Morgan fingerprint density at radius 3 is 2.78 bits per heavy atom. The lowest BCUT2D eigenvalue weighted by atomic mass is 10.2. The fourth-order valence-electron chi connectivity index (χ4n) is 1.54. The van der Waals surface area contributed by atoms with E-state index >= 15 is 0 Å². The van der Waals surface area contributed by atoms with Crippen LogP contribution >= 0.6 is 12.2 Å². The van der Waals surface area contributed by atoms with Gasteiger partial charge in [-0.3, -0.25) is 0 Å². The molecular formula is C13H17NO3S. The van der Waals surface area contributed by atoms with Crippen molar-refractivity contribution in [2.75, 3.05) is 20.5 Å². The monoisotopic (exact) mass is 267 g/mol. The van der Waals surface area contributed by atoms with Crippen LogP contribution in [0.3, 0.4) is 0 Å². The molecule has 0 unspecified atom stereocenters. The molecule has 0 aliphatic heterocycles. The van der Waals surface area contributed by atoms with E-state index in [0.717, 1.165) is 18.1 Å². The maximum atomic E-state index is 5.56. The van der Waals surface area contributed by atoms with Crippen LogP contribution in [0.1, 0.15) is 18.4 Å². The summed E-state index contributed by atoms with van der Waals surface area (Å²) >= 11 is 4.91. The van der Waals surface area contributed by atoms with Crippen molar-refractivity contribution in [1.29, 1.82) is 0 Å². The summed E-state index contributed by atoms with van der Waals surface area (Å²) in [5, 5.41) is 0. The molecule has 0 saturated heterocycles. The van der Waals surface area contributed by atoms with Gasteiger partial charge in [0.1, 0.15) is 4.99 Å². The van der Waals surface area contributed by atoms with E-state index in [4.69, 9.17) is 32.2 Å². The molecule has 0 amide bonds. The van der Waals surface area contributed by atoms with Crippen molar-refractivity contribution in [3.8, 4) is 11.5 Å². The van der Waals surface area contributed by atoms with Crippen molar-refractivity contribution < 1.29 is 14.2 Å². The summed E-state index contributed by atoms with van der Waals surface area (Å²) in [5.41, 5.74) is 6.32. The highest BCUT2D eigenvalue weighted by Crippen LogP contribution is 2.30. The first-order valence-electron chi connectivity index (χ1n) is 5.89. The Balaban J connectivity index is 1.91. The number of ether oxygens (including phenoxy) is 3. The van der Waals surface area contributed by atoms with Crippen molar-refractivity contribution in [1.82, 2.24) is 0 Å². The van der Waals surface area contributed by atoms with E-state index in [2.05, 4.69) is 0 Å². The van der Waals surface area contributed by atoms with E-state index in [-0.39, 0.29) is 6.79 Å². The molecule has 2 rings (SSSR count). The van der Waals surface area contributed by atoms with Gasteiger partial charge in [0, 0.05) is 5.56 Å². The van der Waals surface area contributed by atoms with E-state index in [1.807, 2.05) is 0 Å². The number of nitrogens with two attached hydrogens (primary N) is 1. The number of methoxy groups -OCH3 is 1. The highest BCUT2D eigenvalue weighted by molar-refractivity contribution is 7.80. The molecule has 0 bridgehead atoms. The molecule has 1 aliphatic rings. The van der Waals surface area contributed by atoms with E-state index in [0.29, 0.717) is 16.5 Å². The number of hydrogen-bond donors (Lipinski definition) is 1. The summed E-state index contributed by atoms with van der Waals surface area (Å²) in [6.07, 6.45) is 2.54. The van der Waals surface area contributed by atoms with Crippen LogP contribution in [0.15, 0.2) is 18.2 Å². The topological polar surface area (TPSA) is 53.7 Å². The van der Waals surface area contributed by atoms with Gasteiger partial charge in [0.15, 0.2) is 18.3 Å². The van der Waals surface area contributed by atoms with E-state index in [9.17, 15) is 0 Å². The Hall–Kier alpha value is -1.33. The van der Waals surface area contributed by atoms with Gasteiger partial charge >= 0.3 is 0 Å². The lowest BCUT2D eigenvalue weighted by Crippen LogP contribution is -2.10. The second-order valence-electron chi connectivity index (χ2n) is 4.31. The fraction of sp³-hybridized carbons (Fsp3) is 0.462. The second kappa shape index (κ2) is 6.02. The first-order valence-corrected chi connectivity index (χ1v) is 6.30. The zero-order chi connectivity index (χ0) is 13.0. The number of benzene rings is 1. The van der Waals surface area contributed by atoms with Gasteiger partial charge in [-0.2, -0.15) is 0 Å². The first kappa shape index (κ1) is 13.1. The van der Waals surface area contributed by atoms with Crippen molar-refractivity contribution in [2.24, 2.45) is 11.7 Å². The second-order valence-corrected chi connectivity index (χ2v) is 4.75. The molecule has 1 aromatic carbocycles. The van der Waals surface area contributed by atoms with Crippen molar-refractivity contribution in [2.45, 2.75) is 12.8 Å². The molecule has 5 heteroatoms. The summed E-state index contributed by atoms with van der Waals surface area (Å²) < 4.78 is 16.2. The van der Waals surface area contributed by atoms with Crippen LogP contribution in [-0.4, -0.2) is 25.5 Å². The van der Waals surface area contributed by atoms with Crippen LogP contribution in [0, 0.1) is 5.92 Å². The van der Waals surface area contributed by atoms with Gasteiger partial charge in [0.2, 0.25) is 0 Å². The zero-order valence-electron chi connectivity index (χ0n) is 10.3. The van der Waals surface area contributed by atoms with Crippen LogP contribution < -0.4 is 15.2 Å². The third-order valence-corrected chi connectivity index (χ3v) is 3.03. The smallest absolute Gasteiger partial charge is 0.189 e. The maximum absolute atomic E-state index is 5.56. The van der Waals surface area contributed by atoms with Gasteiger partial charge < -0.3 is 19.9 Å². The average molecular weight is 267 g/mol. The zero-order valence-corrected chi connectivity index (χ0v) is 11.2. The molecular weight excluding hydrogens is 250 g/mol. The number of rotatable bonds is 7. The largest absolute Gasteiger partial charge is 0.493 e. The minimum atomic E-state index is 0.235. The molecule has 0 aromatic heterocycles. The Morgan fingerprint density at radius 2 is 2.17 bits per heavy atom. The van der Waals surface area contributed by atoms with E-state index < -0.39 is 0 Å². The molecule has 1 fully saturated rings. The Labute approximate surface area is 112 Å². The minimum absolute atomic E-state index is 0.235. The summed E-state index contributed by atoms with van der Waals surface area (Å²) in [5.74, 6) is 1.97. The van der Waals surface area contributed by atoms with Crippen LogP contribution in [0.5, 0.6) is 11.5 Å². The molecule has 0 heterocycles. The van der Waals surface area contributed by atoms with Crippen molar-refractivity contribution >= 4 is 17.2 Å². The maximum Gasteiger partial charge on any atom is 0.189 e. The Kier molecular flexibility index (Phi) is 4.38. The van der Waals surface area contributed by atoms with E-state index in [1.165, 1.54) is 12.8 Å². The summed E-state index contributed by atoms with van der Waals surface area (Å²) in [6, 6.07) is 5.35. The van der Waals surface area contributed by atoms with Crippen LogP contribution in [-0.2, 0) is 4.74 Å². The Bertz CT molecular complexity index is 432. The molecule has 0 radical (unpaired) electrons. The molecule has 1 aliphatic carbocycles. The Morgan fingerprint density at radius 1 is 1.39 bits per heavy atom. The number of thiocarbonyl (C=S) groups is 1. The van der Waals surface area contributed by atoms with Crippen LogP contribution in [0.25, 0.3) is 0 Å². The third-order valence-electron chi connectivity index (χ3n) is 2.80. The van der Waals surface area contributed by atoms with Gasteiger partial charge in [-0.25, -0.2) is 0 Å². The van der Waals surface area contributed by atoms with E-state index in [1.54, 1.807) is 25.3 Å². The summed E-state index contributed by atoms with van der Waals surface area (Å²) in [6.45, 7) is 1.01. The number of hydrogen-bond acceptors (Lipinski definition) is 4. The lowest BCUT2D eigenvalue weighted by Gasteiger charge is -2.12. The van der Waals surface area contributed by atoms with Crippen molar-refractivity contribution in [3.05, 3.63) is 23.8 Å². The van der Waals surface area contributed by atoms with Gasteiger partial charge in [0.05, 0.1) is 13.7 Å². The molecule has 0 atom stereocenters. The standard InChI is InChI=1S/C13H17NO3S/c1-15-12-6-10(13(14)18)4-5-11(12)17-8-16-7-9-2-3-9/h4-6,9H,2-3,7-8H2,1H3,(H2,14,18). The van der Waals surface area contributed by atoms with Gasteiger partial charge in [-0.05, 0) is 37.0 Å². The molecule has 4 nitrogen and oxygen atoms in total. The predicted molar refractivity (Wildman–Crippen MR) is 73.1 cm³/mol. The van der Waals surface area contributed by atoms with Crippen LogP contribution in [0.2, 0.25) is 0 Å². The molecule has 1 aromatic rings. The highest BCUT2D eigenvalue weighted by Gasteiger charge is 2.21. The van der Waals surface area contributed by atoms with Crippen molar-refractivity contribution in [3.63, 3.8) is 0 Å². The SMILES string of the molecule is COc1cc(C(N)=S)ccc1OCOCC1CC1. The molecule has 98 valence electrons. The third kappa shape index (κ3) is 3.58. The molecule has 1 saturated carbocycles. The summed E-state index contributed by atoms with van der Waals surface area (Å²) in [4.78, 5) is 0.338. The predicted octanol–water partition coefficient (Wildman–Crippen LogP) is 2.09.